The second-order valence-electron chi connectivity index (χ2n) is 5.03. The largest absolute Gasteiger partial charge is 0.352 e. The standard InChI is InChI=1S/C15H17FN4/c1-19-8-10-20(11-9-19)15-14(17-6-7-18-15)12-2-4-13(16)5-3-12/h2-7H,8-11H2,1H3. The van der Waals surface area contributed by atoms with Crippen LogP contribution in [0.4, 0.5) is 10.2 Å². The normalized spacial score (nSPS) is 16.4. The van der Waals surface area contributed by atoms with Crippen LogP contribution in [0.1, 0.15) is 0 Å². The second-order valence-corrected chi connectivity index (χ2v) is 5.03. The first-order valence-electron chi connectivity index (χ1n) is 6.74. The minimum Gasteiger partial charge on any atom is -0.352 e. The molecule has 2 aromatic rings. The molecule has 0 N–H and O–H groups in total. The summed E-state index contributed by atoms with van der Waals surface area (Å²) < 4.78 is 13.0. The van der Waals surface area contributed by atoms with Gasteiger partial charge in [-0.1, -0.05) is 0 Å². The Morgan fingerprint density at radius 3 is 2.30 bits per heavy atom. The van der Waals surface area contributed by atoms with Crippen LogP contribution in [0.3, 0.4) is 0 Å². The van der Waals surface area contributed by atoms with Crippen LogP contribution >= 0.6 is 0 Å². The van der Waals surface area contributed by atoms with Crippen LogP contribution in [0.2, 0.25) is 0 Å². The average Bonchev–Trinajstić information content (AvgIpc) is 2.49. The summed E-state index contributed by atoms with van der Waals surface area (Å²) in [4.78, 5) is 13.4. The molecule has 0 amide bonds. The van der Waals surface area contributed by atoms with Gasteiger partial charge in [-0.2, -0.15) is 0 Å². The Morgan fingerprint density at radius 1 is 0.950 bits per heavy atom. The van der Waals surface area contributed by atoms with Crippen molar-refractivity contribution >= 4 is 5.82 Å². The van der Waals surface area contributed by atoms with Gasteiger partial charge in [0.05, 0.1) is 0 Å². The van der Waals surface area contributed by atoms with Gasteiger partial charge in [-0.05, 0) is 31.3 Å². The van der Waals surface area contributed by atoms with Crippen LogP contribution in [0.25, 0.3) is 11.3 Å². The fraction of sp³-hybridized carbons (Fsp3) is 0.333. The molecule has 0 unspecified atom stereocenters. The van der Waals surface area contributed by atoms with Gasteiger partial charge in [0.1, 0.15) is 11.5 Å². The van der Waals surface area contributed by atoms with Crippen LogP contribution < -0.4 is 4.90 Å². The number of benzene rings is 1. The van der Waals surface area contributed by atoms with Crippen molar-refractivity contribution in [3.63, 3.8) is 0 Å². The monoisotopic (exact) mass is 272 g/mol. The second kappa shape index (κ2) is 5.54. The maximum atomic E-state index is 13.0. The van der Waals surface area contributed by atoms with E-state index in [-0.39, 0.29) is 5.82 Å². The van der Waals surface area contributed by atoms with Crippen molar-refractivity contribution in [2.24, 2.45) is 0 Å². The maximum absolute atomic E-state index is 13.0. The highest BCUT2D eigenvalue weighted by Crippen LogP contribution is 2.27. The van der Waals surface area contributed by atoms with Gasteiger partial charge < -0.3 is 9.80 Å². The summed E-state index contributed by atoms with van der Waals surface area (Å²) in [6, 6.07) is 6.41. The average molecular weight is 272 g/mol. The van der Waals surface area contributed by atoms with E-state index in [1.165, 1.54) is 12.1 Å². The third-order valence-electron chi connectivity index (χ3n) is 3.60. The van der Waals surface area contributed by atoms with Crippen LogP contribution in [-0.4, -0.2) is 48.1 Å². The van der Waals surface area contributed by atoms with Crippen LogP contribution in [0, 0.1) is 5.82 Å². The zero-order chi connectivity index (χ0) is 13.9. The molecule has 0 saturated carbocycles. The summed E-state index contributed by atoms with van der Waals surface area (Å²) in [5.74, 6) is 0.644. The van der Waals surface area contributed by atoms with Gasteiger partial charge in [-0.15, -0.1) is 0 Å². The third-order valence-corrected chi connectivity index (χ3v) is 3.60. The molecular formula is C15H17FN4. The Kier molecular flexibility index (Phi) is 3.60. The van der Waals surface area contributed by atoms with E-state index in [4.69, 9.17) is 0 Å². The predicted octanol–water partition coefficient (Wildman–Crippen LogP) is 2.03. The van der Waals surface area contributed by atoms with E-state index in [0.717, 1.165) is 43.3 Å². The molecule has 1 fully saturated rings. The molecular weight excluding hydrogens is 255 g/mol. The highest BCUT2D eigenvalue weighted by Gasteiger charge is 2.19. The number of hydrogen-bond acceptors (Lipinski definition) is 4. The number of rotatable bonds is 2. The van der Waals surface area contributed by atoms with Crippen LogP contribution in [-0.2, 0) is 0 Å². The van der Waals surface area contributed by atoms with Crippen molar-refractivity contribution in [3.8, 4) is 11.3 Å². The lowest BCUT2D eigenvalue weighted by atomic mass is 10.1. The first-order valence-corrected chi connectivity index (χ1v) is 6.74. The van der Waals surface area contributed by atoms with Crippen molar-refractivity contribution in [3.05, 3.63) is 42.5 Å². The highest BCUT2D eigenvalue weighted by atomic mass is 19.1. The van der Waals surface area contributed by atoms with Gasteiger partial charge in [-0.25, -0.2) is 9.37 Å². The Morgan fingerprint density at radius 2 is 1.60 bits per heavy atom. The fourth-order valence-electron chi connectivity index (χ4n) is 2.39. The quantitative estimate of drug-likeness (QED) is 0.837. The van der Waals surface area contributed by atoms with Crippen LogP contribution in [0.15, 0.2) is 36.7 Å². The van der Waals surface area contributed by atoms with E-state index in [2.05, 4.69) is 26.8 Å². The van der Waals surface area contributed by atoms with E-state index in [1.807, 2.05) is 0 Å². The zero-order valence-corrected chi connectivity index (χ0v) is 11.5. The van der Waals surface area contributed by atoms with Crippen LogP contribution in [0.5, 0.6) is 0 Å². The molecule has 0 atom stereocenters. The Hall–Kier alpha value is -2.01. The summed E-state index contributed by atoms with van der Waals surface area (Å²) >= 11 is 0. The number of aromatic nitrogens is 2. The van der Waals surface area contributed by atoms with Crippen molar-refractivity contribution in [1.29, 1.82) is 0 Å². The molecule has 4 nitrogen and oxygen atoms in total. The fourth-order valence-corrected chi connectivity index (χ4v) is 2.39. The minimum absolute atomic E-state index is 0.237. The Labute approximate surface area is 117 Å². The maximum Gasteiger partial charge on any atom is 0.155 e. The Balaban J connectivity index is 1.94. The molecule has 0 spiro atoms. The number of likely N-dealkylation sites (N-methyl/N-ethyl adjacent to an activating group) is 1. The molecule has 0 radical (unpaired) electrons. The number of hydrogen-bond donors (Lipinski definition) is 0. The molecule has 1 aliphatic rings. The summed E-state index contributed by atoms with van der Waals surface area (Å²) in [5.41, 5.74) is 1.71. The molecule has 20 heavy (non-hydrogen) atoms. The van der Waals surface area contributed by atoms with Crippen molar-refractivity contribution < 1.29 is 4.39 Å². The molecule has 1 aliphatic heterocycles. The predicted molar refractivity (Wildman–Crippen MR) is 77.1 cm³/mol. The van der Waals surface area contributed by atoms with Gasteiger partial charge in [0.2, 0.25) is 0 Å². The highest BCUT2D eigenvalue weighted by molar-refractivity contribution is 5.71. The molecule has 5 heteroatoms. The molecule has 2 heterocycles. The minimum atomic E-state index is -0.237. The lowest BCUT2D eigenvalue weighted by molar-refractivity contribution is 0.312. The number of piperazine rings is 1. The van der Waals surface area contributed by atoms with Crippen molar-refractivity contribution in [2.45, 2.75) is 0 Å². The van der Waals surface area contributed by atoms with Gasteiger partial charge in [0.25, 0.3) is 0 Å². The first kappa shape index (κ1) is 13.0. The summed E-state index contributed by atoms with van der Waals surface area (Å²) in [6.07, 6.45) is 3.39. The van der Waals surface area contributed by atoms with Crippen molar-refractivity contribution in [2.75, 3.05) is 38.1 Å². The molecule has 1 aromatic carbocycles. The first-order chi connectivity index (χ1) is 9.74. The number of halogens is 1. The Bertz CT molecular complexity index is 577. The molecule has 0 aliphatic carbocycles. The van der Waals surface area contributed by atoms with Gasteiger partial charge in [-0.3, -0.25) is 4.98 Å². The van der Waals surface area contributed by atoms with E-state index in [9.17, 15) is 4.39 Å². The molecule has 0 bridgehead atoms. The third kappa shape index (κ3) is 2.63. The molecule has 1 saturated heterocycles. The number of anilines is 1. The molecule has 104 valence electrons. The molecule has 1 aromatic heterocycles. The summed E-state index contributed by atoms with van der Waals surface area (Å²) in [6.45, 7) is 3.89. The van der Waals surface area contributed by atoms with Gasteiger partial charge in [0, 0.05) is 44.1 Å². The van der Waals surface area contributed by atoms with Gasteiger partial charge >= 0.3 is 0 Å². The summed E-state index contributed by atoms with van der Waals surface area (Å²) in [5, 5.41) is 0. The SMILES string of the molecule is CN1CCN(c2nccnc2-c2ccc(F)cc2)CC1. The number of nitrogens with zero attached hydrogens (tertiary/aromatic N) is 4. The topological polar surface area (TPSA) is 32.3 Å². The lowest BCUT2D eigenvalue weighted by Crippen LogP contribution is -2.45. The zero-order valence-electron chi connectivity index (χ0n) is 11.5. The smallest absolute Gasteiger partial charge is 0.155 e. The van der Waals surface area contributed by atoms with E-state index < -0.39 is 0 Å². The molecule has 3 rings (SSSR count). The van der Waals surface area contributed by atoms with E-state index in [0.29, 0.717) is 0 Å². The van der Waals surface area contributed by atoms with Gasteiger partial charge in [0.15, 0.2) is 5.82 Å². The lowest BCUT2D eigenvalue weighted by Gasteiger charge is -2.33. The summed E-state index contributed by atoms with van der Waals surface area (Å²) in [7, 11) is 2.12. The van der Waals surface area contributed by atoms with Crippen molar-refractivity contribution in [1.82, 2.24) is 14.9 Å². The van der Waals surface area contributed by atoms with E-state index in [1.54, 1.807) is 24.5 Å². The van der Waals surface area contributed by atoms with E-state index >= 15 is 0 Å².